The van der Waals surface area contributed by atoms with Crippen LogP contribution < -0.4 is 5.73 Å². The molecule has 0 bridgehead atoms. The van der Waals surface area contributed by atoms with Crippen LogP contribution in [0.15, 0.2) is 28.9 Å². The molecule has 2 rings (SSSR count). The van der Waals surface area contributed by atoms with Gasteiger partial charge in [-0.15, -0.1) is 0 Å². The van der Waals surface area contributed by atoms with Crippen molar-refractivity contribution in [3.05, 3.63) is 33.9 Å². The van der Waals surface area contributed by atoms with Crippen LogP contribution in [0.5, 0.6) is 0 Å². The van der Waals surface area contributed by atoms with Crippen molar-refractivity contribution in [2.45, 2.75) is 0 Å². The highest BCUT2D eigenvalue weighted by Gasteiger charge is 2.08. The summed E-state index contributed by atoms with van der Waals surface area (Å²) in [6.45, 7) is 0. The first-order valence-corrected chi connectivity index (χ1v) is 5.10. The largest absolute Gasteiger partial charge is 0.384 e. The lowest BCUT2D eigenvalue weighted by atomic mass is 10.1. The van der Waals surface area contributed by atoms with E-state index in [2.05, 4.69) is 26.1 Å². The molecule has 0 saturated heterocycles. The smallest absolute Gasteiger partial charge is 0.126 e. The van der Waals surface area contributed by atoms with Crippen LogP contribution in [-0.4, -0.2) is 10.2 Å². The second kappa shape index (κ2) is 3.63. The van der Waals surface area contributed by atoms with Crippen LogP contribution in [0.3, 0.4) is 0 Å². The molecule has 0 spiro atoms. The molecule has 1 heterocycles. The molecular formula is C9H7BrClN3. The van der Waals surface area contributed by atoms with Crippen LogP contribution in [0, 0.1) is 0 Å². The second-order valence-electron chi connectivity index (χ2n) is 2.82. The second-order valence-corrected chi connectivity index (χ2v) is 4.14. The number of nitrogens with one attached hydrogen (secondary N) is 1. The normalized spacial score (nSPS) is 10.4. The summed E-state index contributed by atoms with van der Waals surface area (Å²) in [6.07, 6.45) is 1.66. The summed E-state index contributed by atoms with van der Waals surface area (Å²) in [6, 6.07) is 5.63. The Kier molecular flexibility index (Phi) is 2.48. The van der Waals surface area contributed by atoms with Gasteiger partial charge >= 0.3 is 0 Å². The van der Waals surface area contributed by atoms with Gasteiger partial charge in [-0.25, -0.2) is 0 Å². The molecule has 0 amide bonds. The molecule has 0 unspecified atom stereocenters. The Balaban J connectivity index is 2.58. The van der Waals surface area contributed by atoms with Gasteiger partial charge in [0.15, 0.2) is 0 Å². The maximum atomic E-state index is 6.07. The summed E-state index contributed by atoms with van der Waals surface area (Å²) in [7, 11) is 0. The molecule has 0 fully saturated rings. The van der Waals surface area contributed by atoms with E-state index in [0.717, 1.165) is 15.6 Å². The maximum absolute atomic E-state index is 6.07. The Morgan fingerprint density at radius 2 is 2.14 bits per heavy atom. The Bertz CT molecular complexity index is 467. The molecule has 0 saturated carbocycles. The SMILES string of the molecule is Nc1[nH]ncc1-c1ccc(Br)cc1Cl. The minimum absolute atomic E-state index is 0.522. The fraction of sp³-hybridized carbons (Fsp3) is 0. The summed E-state index contributed by atoms with van der Waals surface area (Å²) in [4.78, 5) is 0. The molecule has 3 N–H and O–H groups in total. The van der Waals surface area contributed by atoms with Crippen molar-refractivity contribution in [3.63, 3.8) is 0 Å². The molecule has 5 heteroatoms. The topological polar surface area (TPSA) is 54.7 Å². The Morgan fingerprint density at radius 3 is 2.71 bits per heavy atom. The zero-order valence-corrected chi connectivity index (χ0v) is 9.43. The Labute approximate surface area is 94.4 Å². The number of hydrogen-bond donors (Lipinski definition) is 2. The quantitative estimate of drug-likeness (QED) is 0.838. The summed E-state index contributed by atoms with van der Waals surface area (Å²) >= 11 is 9.40. The van der Waals surface area contributed by atoms with E-state index in [1.165, 1.54) is 0 Å². The highest BCUT2D eigenvalue weighted by atomic mass is 79.9. The van der Waals surface area contributed by atoms with Gasteiger partial charge in [-0.1, -0.05) is 33.6 Å². The molecule has 3 nitrogen and oxygen atoms in total. The van der Waals surface area contributed by atoms with Crippen molar-refractivity contribution in [2.75, 3.05) is 5.73 Å². The minimum atomic E-state index is 0.522. The van der Waals surface area contributed by atoms with Crippen LogP contribution in [-0.2, 0) is 0 Å². The van der Waals surface area contributed by atoms with Crippen LogP contribution in [0.1, 0.15) is 0 Å². The number of halogens is 2. The Morgan fingerprint density at radius 1 is 1.36 bits per heavy atom. The predicted octanol–water partition coefficient (Wildman–Crippen LogP) is 3.07. The molecular weight excluding hydrogens is 265 g/mol. The molecule has 0 aliphatic rings. The van der Waals surface area contributed by atoms with Crippen molar-refractivity contribution in [1.82, 2.24) is 10.2 Å². The zero-order chi connectivity index (χ0) is 10.1. The number of anilines is 1. The van der Waals surface area contributed by atoms with E-state index < -0.39 is 0 Å². The summed E-state index contributed by atoms with van der Waals surface area (Å²) in [5, 5.41) is 7.15. The lowest BCUT2D eigenvalue weighted by molar-refractivity contribution is 1.10. The van der Waals surface area contributed by atoms with E-state index >= 15 is 0 Å². The van der Waals surface area contributed by atoms with Gasteiger partial charge in [0.1, 0.15) is 5.82 Å². The van der Waals surface area contributed by atoms with E-state index in [1.54, 1.807) is 6.20 Å². The van der Waals surface area contributed by atoms with Gasteiger partial charge in [0.2, 0.25) is 0 Å². The number of hydrogen-bond acceptors (Lipinski definition) is 2. The van der Waals surface area contributed by atoms with Crippen molar-refractivity contribution < 1.29 is 0 Å². The average Bonchev–Trinajstić information content (AvgIpc) is 2.52. The molecule has 0 atom stereocenters. The molecule has 72 valence electrons. The van der Waals surface area contributed by atoms with Gasteiger partial charge in [0.05, 0.1) is 6.20 Å². The van der Waals surface area contributed by atoms with Crippen LogP contribution in [0.4, 0.5) is 5.82 Å². The minimum Gasteiger partial charge on any atom is -0.384 e. The van der Waals surface area contributed by atoms with Gasteiger partial charge in [-0.3, -0.25) is 5.10 Å². The predicted molar refractivity (Wildman–Crippen MR) is 61.1 cm³/mol. The number of nitrogens with zero attached hydrogens (tertiary/aromatic N) is 1. The van der Waals surface area contributed by atoms with Crippen LogP contribution in [0.25, 0.3) is 11.1 Å². The summed E-state index contributed by atoms with van der Waals surface area (Å²) in [5.74, 6) is 0.522. The number of benzene rings is 1. The lowest BCUT2D eigenvalue weighted by Crippen LogP contribution is -1.88. The standard InChI is InChI=1S/C9H7BrClN3/c10-5-1-2-6(8(11)3-5)7-4-13-14-9(7)12/h1-4H,(H3,12,13,14). The number of aromatic amines is 1. The lowest BCUT2D eigenvalue weighted by Gasteiger charge is -2.02. The third-order valence-corrected chi connectivity index (χ3v) is 2.70. The first kappa shape index (κ1) is 9.55. The van der Waals surface area contributed by atoms with Crippen molar-refractivity contribution in [1.29, 1.82) is 0 Å². The molecule has 0 aliphatic carbocycles. The summed E-state index contributed by atoms with van der Waals surface area (Å²) in [5.41, 5.74) is 7.39. The monoisotopic (exact) mass is 271 g/mol. The van der Waals surface area contributed by atoms with E-state index in [9.17, 15) is 0 Å². The number of aromatic nitrogens is 2. The highest BCUT2D eigenvalue weighted by molar-refractivity contribution is 9.10. The first-order chi connectivity index (χ1) is 6.68. The molecule has 0 radical (unpaired) electrons. The third kappa shape index (κ3) is 1.63. The van der Waals surface area contributed by atoms with E-state index in [4.69, 9.17) is 17.3 Å². The highest BCUT2D eigenvalue weighted by Crippen LogP contribution is 2.32. The average molecular weight is 273 g/mol. The van der Waals surface area contributed by atoms with Gasteiger partial charge in [0.25, 0.3) is 0 Å². The van der Waals surface area contributed by atoms with Crippen LogP contribution >= 0.6 is 27.5 Å². The van der Waals surface area contributed by atoms with Crippen molar-refractivity contribution in [2.24, 2.45) is 0 Å². The van der Waals surface area contributed by atoms with Crippen molar-refractivity contribution in [3.8, 4) is 11.1 Å². The van der Waals surface area contributed by atoms with E-state index in [0.29, 0.717) is 10.8 Å². The van der Waals surface area contributed by atoms with Gasteiger partial charge in [-0.2, -0.15) is 5.10 Å². The first-order valence-electron chi connectivity index (χ1n) is 3.93. The maximum Gasteiger partial charge on any atom is 0.126 e. The zero-order valence-electron chi connectivity index (χ0n) is 7.09. The number of nitrogens with two attached hydrogens (primary N) is 1. The van der Waals surface area contributed by atoms with Crippen molar-refractivity contribution >= 4 is 33.3 Å². The molecule has 0 aliphatic heterocycles. The van der Waals surface area contributed by atoms with E-state index in [-0.39, 0.29) is 0 Å². The fourth-order valence-electron chi connectivity index (χ4n) is 1.22. The number of H-pyrrole nitrogens is 1. The van der Waals surface area contributed by atoms with Gasteiger partial charge in [-0.05, 0) is 12.1 Å². The molecule has 1 aromatic carbocycles. The number of nitrogen functional groups attached to an aromatic ring is 1. The molecule has 1 aromatic heterocycles. The molecule has 2 aromatic rings. The summed E-state index contributed by atoms with van der Waals surface area (Å²) < 4.78 is 0.938. The van der Waals surface area contributed by atoms with Gasteiger partial charge in [0, 0.05) is 20.6 Å². The van der Waals surface area contributed by atoms with Crippen LogP contribution in [0.2, 0.25) is 5.02 Å². The molecule has 14 heavy (non-hydrogen) atoms. The Hall–Kier alpha value is -1.000. The number of rotatable bonds is 1. The third-order valence-electron chi connectivity index (χ3n) is 1.89. The van der Waals surface area contributed by atoms with E-state index in [1.807, 2.05) is 18.2 Å². The van der Waals surface area contributed by atoms with Gasteiger partial charge < -0.3 is 5.73 Å². The fourth-order valence-corrected chi connectivity index (χ4v) is 1.99.